The van der Waals surface area contributed by atoms with Crippen molar-refractivity contribution in [3.63, 3.8) is 0 Å². The number of nitriles is 1. The summed E-state index contributed by atoms with van der Waals surface area (Å²) in [4.78, 5) is 12.7. The maximum atomic E-state index is 12.7. The van der Waals surface area contributed by atoms with Gasteiger partial charge in [-0.1, -0.05) is 31.0 Å². The van der Waals surface area contributed by atoms with Crippen LogP contribution >= 0.6 is 11.8 Å². The molecule has 1 saturated carbocycles. The van der Waals surface area contributed by atoms with Crippen molar-refractivity contribution in [3.8, 4) is 17.5 Å². The largest absolute Gasteiger partial charge is 0.497 e. The van der Waals surface area contributed by atoms with E-state index in [1.54, 1.807) is 18.7 Å². The lowest BCUT2D eigenvalue weighted by Gasteiger charge is -2.32. The lowest BCUT2D eigenvalue weighted by Crippen LogP contribution is -2.50. The van der Waals surface area contributed by atoms with E-state index in [1.807, 2.05) is 24.3 Å². The fraction of sp³-hybridized carbons (Fsp3) is 0.500. The third-order valence-electron chi connectivity index (χ3n) is 4.69. The van der Waals surface area contributed by atoms with E-state index in [1.165, 1.54) is 11.8 Å². The SMILES string of the molecule is COc1ccc(-n2nnnc2S[C@H](C)C(=O)NC2(C#N)CCCCC2)cc1. The Morgan fingerprint density at radius 3 is 2.67 bits per heavy atom. The van der Waals surface area contributed by atoms with Gasteiger partial charge in [0.2, 0.25) is 11.1 Å². The van der Waals surface area contributed by atoms with E-state index in [0.29, 0.717) is 18.0 Å². The summed E-state index contributed by atoms with van der Waals surface area (Å²) in [5.74, 6) is 0.566. The van der Waals surface area contributed by atoms with Crippen LogP contribution in [0.2, 0.25) is 0 Å². The second-order valence-electron chi connectivity index (χ2n) is 6.58. The molecule has 3 rings (SSSR count). The fourth-order valence-electron chi connectivity index (χ4n) is 3.11. The highest BCUT2D eigenvalue weighted by Crippen LogP contribution is 2.29. The van der Waals surface area contributed by atoms with E-state index in [2.05, 4.69) is 26.9 Å². The maximum Gasteiger partial charge on any atom is 0.234 e. The number of carbonyl (C=O) groups is 1. The number of benzene rings is 1. The second kappa shape index (κ2) is 8.39. The first kappa shape index (κ1) is 19.2. The van der Waals surface area contributed by atoms with Crippen LogP contribution in [0, 0.1) is 11.3 Å². The molecule has 8 nitrogen and oxygen atoms in total. The zero-order valence-electron chi connectivity index (χ0n) is 15.4. The van der Waals surface area contributed by atoms with Gasteiger partial charge in [-0.25, -0.2) is 0 Å². The standard InChI is InChI=1S/C18H22N6O2S/c1-13(16(25)20-18(12-19)10-4-3-5-11-18)27-17-21-22-23-24(17)14-6-8-15(26-2)9-7-14/h6-9,13H,3-5,10-11H2,1-2H3,(H,20,25)/t13-/m1/s1. The molecule has 1 aliphatic rings. The van der Waals surface area contributed by atoms with Crippen LogP contribution in [0.5, 0.6) is 5.75 Å². The summed E-state index contributed by atoms with van der Waals surface area (Å²) in [6, 6.07) is 9.64. The van der Waals surface area contributed by atoms with Crippen LogP contribution < -0.4 is 10.1 Å². The molecule has 0 bridgehead atoms. The number of rotatable bonds is 6. The van der Waals surface area contributed by atoms with Crippen LogP contribution in [0.1, 0.15) is 39.0 Å². The van der Waals surface area contributed by atoms with Crippen LogP contribution in [0.3, 0.4) is 0 Å². The molecule has 1 aromatic heterocycles. The van der Waals surface area contributed by atoms with Gasteiger partial charge in [0.25, 0.3) is 0 Å². The summed E-state index contributed by atoms with van der Waals surface area (Å²) in [7, 11) is 1.61. The zero-order chi connectivity index (χ0) is 19.3. The molecule has 2 aromatic rings. The van der Waals surface area contributed by atoms with Crippen molar-refractivity contribution in [1.29, 1.82) is 5.26 Å². The number of thioether (sulfide) groups is 1. The smallest absolute Gasteiger partial charge is 0.234 e. The Bertz CT molecular complexity index is 823. The zero-order valence-corrected chi connectivity index (χ0v) is 16.2. The number of hydrogen-bond donors (Lipinski definition) is 1. The molecule has 1 fully saturated rings. The van der Waals surface area contributed by atoms with E-state index >= 15 is 0 Å². The topological polar surface area (TPSA) is 106 Å². The van der Waals surface area contributed by atoms with Crippen LogP contribution in [0.25, 0.3) is 5.69 Å². The number of tetrazole rings is 1. The fourth-order valence-corrected chi connectivity index (χ4v) is 3.91. The van der Waals surface area contributed by atoms with Gasteiger partial charge in [0, 0.05) is 0 Å². The van der Waals surface area contributed by atoms with Crippen molar-refractivity contribution in [3.05, 3.63) is 24.3 Å². The van der Waals surface area contributed by atoms with Crippen molar-refractivity contribution in [2.45, 2.75) is 55.0 Å². The van der Waals surface area contributed by atoms with Gasteiger partial charge in [0.05, 0.1) is 24.1 Å². The third kappa shape index (κ3) is 4.39. The Balaban J connectivity index is 1.69. The van der Waals surface area contributed by atoms with Gasteiger partial charge in [-0.15, -0.1) is 5.10 Å². The summed E-state index contributed by atoms with van der Waals surface area (Å²) in [5, 5.41) is 24.3. The molecule has 27 heavy (non-hydrogen) atoms. The summed E-state index contributed by atoms with van der Waals surface area (Å²) in [5.41, 5.74) is 0.0307. The van der Waals surface area contributed by atoms with Gasteiger partial charge in [0.1, 0.15) is 11.3 Å². The average molecular weight is 386 g/mol. The van der Waals surface area contributed by atoms with Gasteiger partial charge < -0.3 is 10.1 Å². The van der Waals surface area contributed by atoms with Crippen molar-refractivity contribution in [1.82, 2.24) is 25.5 Å². The highest BCUT2D eigenvalue weighted by Gasteiger charge is 2.35. The monoisotopic (exact) mass is 386 g/mol. The van der Waals surface area contributed by atoms with E-state index in [4.69, 9.17) is 4.74 Å². The molecule has 1 amide bonds. The van der Waals surface area contributed by atoms with Crippen LogP contribution in [-0.4, -0.2) is 44.0 Å². The summed E-state index contributed by atoms with van der Waals surface area (Å²) in [6.45, 7) is 1.79. The number of nitrogens with zero attached hydrogens (tertiary/aromatic N) is 5. The number of ether oxygens (including phenoxy) is 1. The molecule has 1 atom stereocenters. The summed E-state index contributed by atoms with van der Waals surface area (Å²) < 4.78 is 6.74. The first-order valence-electron chi connectivity index (χ1n) is 8.90. The van der Waals surface area contributed by atoms with Gasteiger partial charge >= 0.3 is 0 Å². The molecule has 9 heteroatoms. The van der Waals surface area contributed by atoms with Gasteiger partial charge in [-0.05, 0) is 54.5 Å². The Hall–Kier alpha value is -2.60. The molecule has 0 spiro atoms. The van der Waals surface area contributed by atoms with Crippen LogP contribution in [0.4, 0.5) is 0 Å². The van der Waals surface area contributed by atoms with Crippen molar-refractivity contribution in [2.75, 3.05) is 7.11 Å². The third-order valence-corrected chi connectivity index (χ3v) is 5.73. The summed E-state index contributed by atoms with van der Waals surface area (Å²) >= 11 is 1.26. The van der Waals surface area contributed by atoms with Gasteiger partial charge in [0.15, 0.2) is 0 Å². The normalized spacial score (nSPS) is 16.9. The highest BCUT2D eigenvalue weighted by molar-refractivity contribution is 8.00. The lowest BCUT2D eigenvalue weighted by atomic mass is 9.83. The highest BCUT2D eigenvalue weighted by atomic mass is 32.2. The molecule has 0 saturated heterocycles. The molecular formula is C18H22N6O2S. The quantitative estimate of drug-likeness (QED) is 0.760. The van der Waals surface area contributed by atoms with Crippen LogP contribution in [-0.2, 0) is 4.79 Å². The molecule has 1 heterocycles. The molecule has 0 aliphatic heterocycles. The molecule has 1 N–H and O–H groups in total. The van der Waals surface area contributed by atoms with Crippen molar-refractivity contribution < 1.29 is 9.53 Å². The molecule has 1 aliphatic carbocycles. The van der Waals surface area contributed by atoms with E-state index in [0.717, 1.165) is 30.7 Å². The maximum absolute atomic E-state index is 12.7. The Labute approximate surface area is 162 Å². The van der Waals surface area contributed by atoms with E-state index in [9.17, 15) is 10.1 Å². The number of carbonyl (C=O) groups excluding carboxylic acids is 1. The number of nitrogens with one attached hydrogen (secondary N) is 1. The van der Waals surface area contributed by atoms with Gasteiger partial charge in [-0.3, -0.25) is 4.79 Å². The Morgan fingerprint density at radius 2 is 2.04 bits per heavy atom. The number of aromatic nitrogens is 4. The first-order valence-corrected chi connectivity index (χ1v) is 9.77. The molecule has 142 valence electrons. The number of methoxy groups -OCH3 is 1. The number of amides is 1. The molecular weight excluding hydrogens is 364 g/mol. The Morgan fingerprint density at radius 1 is 1.33 bits per heavy atom. The van der Waals surface area contributed by atoms with E-state index < -0.39 is 10.8 Å². The van der Waals surface area contributed by atoms with Gasteiger partial charge in [-0.2, -0.15) is 9.94 Å². The average Bonchev–Trinajstić information content (AvgIpc) is 3.16. The van der Waals surface area contributed by atoms with Crippen molar-refractivity contribution in [2.24, 2.45) is 0 Å². The molecule has 0 radical (unpaired) electrons. The lowest BCUT2D eigenvalue weighted by molar-refractivity contribution is -0.121. The van der Waals surface area contributed by atoms with Crippen LogP contribution in [0.15, 0.2) is 29.4 Å². The van der Waals surface area contributed by atoms with Crippen molar-refractivity contribution >= 4 is 17.7 Å². The minimum atomic E-state index is -0.744. The minimum absolute atomic E-state index is 0.173. The summed E-state index contributed by atoms with van der Waals surface area (Å²) in [6.07, 6.45) is 4.45. The molecule has 0 unspecified atom stereocenters. The second-order valence-corrected chi connectivity index (χ2v) is 7.88. The minimum Gasteiger partial charge on any atom is -0.497 e. The van der Waals surface area contributed by atoms with E-state index in [-0.39, 0.29) is 5.91 Å². The Kier molecular flexibility index (Phi) is 5.96. The molecule has 1 aromatic carbocycles. The predicted octanol–water partition coefficient (Wildman–Crippen LogP) is 2.49. The number of hydrogen-bond acceptors (Lipinski definition) is 7. The predicted molar refractivity (Wildman–Crippen MR) is 101 cm³/mol. The first-order chi connectivity index (χ1) is 13.1.